The van der Waals surface area contributed by atoms with Crippen LogP contribution in [0.2, 0.25) is 0 Å². The van der Waals surface area contributed by atoms with Crippen LogP contribution in [0.3, 0.4) is 0 Å². The summed E-state index contributed by atoms with van der Waals surface area (Å²) in [5, 5.41) is 4.39. The zero-order valence-electron chi connectivity index (χ0n) is 12.3. The van der Waals surface area contributed by atoms with Gasteiger partial charge in [-0.05, 0) is 38.1 Å². The molecule has 0 saturated heterocycles. The highest BCUT2D eigenvalue weighted by molar-refractivity contribution is 5.71. The molecule has 0 aliphatic rings. The van der Waals surface area contributed by atoms with E-state index in [-0.39, 0.29) is 0 Å². The van der Waals surface area contributed by atoms with Crippen LogP contribution in [0.1, 0.15) is 13.8 Å². The second-order valence-electron chi connectivity index (χ2n) is 5.01. The van der Waals surface area contributed by atoms with Crippen molar-refractivity contribution in [2.45, 2.75) is 20.4 Å². The van der Waals surface area contributed by atoms with E-state index in [9.17, 15) is 4.79 Å². The normalized spacial score (nSPS) is 10.6. The summed E-state index contributed by atoms with van der Waals surface area (Å²) in [4.78, 5) is 16.3. The number of aromatic nitrogens is 3. The lowest BCUT2D eigenvalue weighted by molar-refractivity contribution is 0.556. The summed E-state index contributed by atoms with van der Waals surface area (Å²) >= 11 is 0. The van der Waals surface area contributed by atoms with Crippen LogP contribution in [-0.4, -0.2) is 14.8 Å². The molecule has 0 aromatic carbocycles. The van der Waals surface area contributed by atoms with Crippen LogP contribution in [-0.2, 0) is 6.54 Å². The monoisotopic (exact) mass is 297 g/mol. The van der Waals surface area contributed by atoms with Crippen molar-refractivity contribution in [3.05, 3.63) is 58.9 Å². The first kappa shape index (κ1) is 14.1. The third-order valence-corrected chi connectivity index (χ3v) is 3.05. The fourth-order valence-electron chi connectivity index (χ4n) is 1.97. The maximum absolute atomic E-state index is 12.2. The van der Waals surface area contributed by atoms with Crippen LogP contribution in [0.4, 0.5) is 0 Å². The molecule has 3 heterocycles. The van der Waals surface area contributed by atoms with Gasteiger partial charge >= 0.3 is 5.69 Å². The Labute approximate surface area is 126 Å². The fraction of sp³-hybridized carbons (Fsp3) is 0.188. The van der Waals surface area contributed by atoms with E-state index in [1.807, 2.05) is 19.9 Å². The molecule has 3 aromatic heterocycles. The van der Waals surface area contributed by atoms with Crippen molar-refractivity contribution in [1.29, 1.82) is 0 Å². The molecule has 112 valence electrons. The van der Waals surface area contributed by atoms with Gasteiger partial charge in [-0.1, -0.05) is 11.6 Å². The molecule has 0 aliphatic heterocycles. The molecular weight excluding hydrogens is 282 g/mol. The molecule has 0 atom stereocenters. The van der Waals surface area contributed by atoms with Gasteiger partial charge in [0.05, 0.1) is 19.1 Å². The number of nitrogens with zero attached hydrogens (tertiary/aromatic N) is 3. The van der Waals surface area contributed by atoms with E-state index in [4.69, 9.17) is 8.83 Å². The molecule has 3 aromatic rings. The molecule has 0 aliphatic carbocycles. The van der Waals surface area contributed by atoms with Crippen LogP contribution in [0.5, 0.6) is 0 Å². The predicted molar refractivity (Wildman–Crippen MR) is 81.1 cm³/mol. The Morgan fingerprint density at radius 2 is 1.77 bits per heavy atom. The number of hydrogen-bond donors (Lipinski definition) is 0. The van der Waals surface area contributed by atoms with Gasteiger partial charge < -0.3 is 8.83 Å². The third kappa shape index (κ3) is 2.76. The molecule has 3 rings (SSSR count). The average molecular weight is 297 g/mol. The van der Waals surface area contributed by atoms with Crippen molar-refractivity contribution in [3.8, 4) is 22.9 Å². The van der Waals surface area contributed by atoms with Crippen LogP contribution in [0.25, 0.3) is 22.9 Å². The SMILES string of the molecule is CC(C)=CCn1nc(-c2ccco2)c(-c2ccco2)nc1=O. The van der Waals surface area contributed by atoms with Gasteiger partial charge in [-0.25, -0.2) is 9.48 Å². The average Bonchev–Trinajstić information content (AvgIpc) is 3.18. The van der Waals surface area contributed by atoms with Gasteiger partial charge in [-0.2, -0.15) is 10.1 Å². The molecule has 0 fully saturated rings. The van der Waals surface area contributed by atoms with Crippen molar-refractivity contribution >= 4 is 0 Å². The van der Waals surface area contributed by atoms with Gasteiger partial charge in [0.25, 0.3) is 0 Å². The molecule has 0 amide bonds. The highest BCUT2D eigenvalue weighted by Gasteiger charge is 2.18. The summed E-state index contributed by atoms with van der Waals surface area (Å²) in [5.74, 6) is 1.01. The first-order chi connectivity index (χ1) is 10.6. The lowest BCUT2D eigenvalue weighted by Crippen LogP contribution is -2.26. The van der Waals surface area contributed by atoms with Crippen molar-refractivity contribution in [3.63, 3.8) is 0 Å². The second-order valence-corrected chi connectivity index (χ2v) is 5.01. The highest BCUT2D eigenvalue weighted by atomic mass is 16.3. The number of rotatable bonds is 4. The first-order valence-corrected chi connectivity index (χ1v) is 6.85. The van der Waals surface area contributed by atoms with Gasteiger partial charge in [0, 0.05) is 0 Å². The molecule has 0 N–H and O–H groups in total. The van der Waals surface area contributed by atoms with Crippen LogP contribution < -0.4 is 5.69 Å². The Morgan fingerprint density at radius 1 is 1.14 bits per heavy atom. The molecular formula is C16H15N3O3. The van der Waals surface area contributed by atoms with Crippen LogP contribution >= 0.6 is 0 Å². The van der Waals surface area contributed by atoms with Gasteiger partial charge in [0.15, 0.2) is 17.2 Å². The summed E-state index contributed by atoms with van der Waals surface area (Å²) in [6.45, 7) is 4.28. The molecule has 0 radical (unpaired) electrons. The van der Waals surface area contributed by atoms with E-state index < -0.39 is 5.69 Å². The van der Waals surface area contributed by atoms with Gasteiger partial charge in [-0.3, -0.25) is 0 Å². The molecule has 0 saturated carbocycles. The zero-order chi connectivity index (χ0) is 15.5. The van der Waals surface area contributed by atoms with Crippen molar-refractivity contribution in [2.75, 3.05) is 0 Å². The van der Waals surface area contributed by atoms with Crippen molar-refractivity contribution in [2.24, 2.45) is 0 Å². The summed E-state index contributed by atoms with van der Waals surface area (Å²) in [6.07, 6.45) is 4.99. The standard InChI is InChI=1S/C16H15N3O3/c1-11(2)7-8-19-16(20)17-14(12-5-3-9-21-12)15(18-19)13-6-4-10-22-13/h3-7,9-10H,8H2,1-2H3. The minimum absolute atomic E-state index is 0.361. The van der Waals surface area contributed by atoms with E-state index >= 15 is 0 Å². The summed E-state index contributed by atoms with van der Waals surface area (Å²) in [7, 11) is 0. The van der Waals surface area contributed by atoms with E-state index in [1.165, 1.54) is 10.9 Å². The predicted octanol–water partition coefficient (Wildman–Crippen LogP) is 3.12. The van der Waals surface area contributed by atoms with E-state index in [2.05, 4.69) is 10.1 Å². The number of hydrogen-bond acceptors (Lipinski definition) is 5. The summed E-state index contributed by atoms with van der Waals surface area (Å²) in [5.41, 5.74) is 1.52. The third-order valence-electron chi connectivity index (χ3n) is 3.05. The second kappa shape index (κ2) is 5.85. The lowest BCUT2D eigenvalue weighted by atomic mass is 10.2. The van der Waals surface area contributed by atoms with Gasteiger partial charge in [0.1, 0.15) is 5.69 Å². The minimum atomic E-state index is -0.431. The maximum Gasteiger partial charge on any atom is 0.364 e. The van der Waals surface area contributed by atoms with Crippen molar-refractivity contribution < 1.29 is 8.83 Å². The molecule has 0 unspecified atom stereocenters. The van der Waals surface area contributed by atoms with Crippen LogP contribution in [0.15, 0.2) is 62.1 Å². The number of furan rings is 2. The molecule has 0 bridgehead atoms. The van der Waals surface area contributed by atoms with E-state index in [0.717, 1.165) is 5.57 Å². The Balaban J connectivity index is 2.17. The number of allylic oxidation sites excluding steroid dienone is 2. The summed E-state index contributed by atoms with van der Waals surface area (Å²) in [6, 6.07) is 6.99. The van der Waals surface area contributed by atoms with Crippen LogP contribution in [0, 0.1) is 0 Å². The summed E-state index contributed by atoms with van der Waals surface area (Å²) < 4.78 is 12.1. The Bertz CT molecular complexity index is 839. The fourth-order valence-corrected chi connectivity index (χ4v) is 1.97. The zero-order valence-corrected chi connectivity index (χ0v) is 12.3. The molecule has 0 spiro atoms. The quantitative estimate of drug-likeness (QED) is 0.692. The lowest BCUT2D eigenvalue weighted by Gasteiger charge is -2.07. The van der Waals surface area contributed by atoms with E-state index in [0.29, 0.717) is 29.5 Å². The topological polar surface area (TPSA) is 74.1 Å². The van der Waals surface area contributed by atoms with Crippen molar-refractivity contribution in [1.82, 2.24) is 14.8 Å². The smallest absolute Gasteiger partial charge is 0.364 e. The molecule has 6 heteroatoms. The largest absolute Gasteiger partial charge is 0.463 e. The van der Waals surface area contributed by atoms with E-state index in [1.54, 1.807) is 30.5 Å². The maximum atomic E-state index is 12.2. The Kier molecular flexibility index (Phi) is 3.74. The highest BCUT2D eigenvalue weighted by Crippen LogP contribution is 2.27. The van der Waals surface area contributed by atoms with Gasteiger partial charge in [-0.15, -0.1) is 0 Å². The van der Waals surface area contributed by atoms with Gasteiger partial charge in [0.2, 0.25) is 0 Å². The Hall–Kier alpha value is -2.89. The Morgan fingerprint density at radius 3 is 2.32 bits per heavy atom. The first-order valence-electron chi connectivity index (χ1n) is 6.85. The molecule has 22 heavy (non-hydrogen) atoms. The minimum Gasteiger partial charge on any atom is -0.463 e. The molecule has 6 nitrogen and oxygen atoms in total.